The minimum Gasteiger partial charge on any atom is -0.355 e. The van der Waals surface area contributed by atoms with Gasteiger partial charge in [-0.05, 0) is 62.4 Å². The van der Waals surface area contributed by atoms with Crippen LogP contribution in [0.15, 0.2) is 77.7 Å². The van der Waals surface area contributed by atoms with Crippen LogP contribution < -0.4 is 9.62 Å². The summed E-state index contributed by atoms with van der Waals surface area (Å²) in [4.78, 5) is 27.4. The molecule has 0 aliphatic rings. The fourth-order valence-electron chi connectivity index (χ4n) is 3.61. The molecule has 0 heterocycles. The molecule has 11 heteroatoms. The molecule has 0 saturated carbocycles. The smallest absolute Gasteiger partial charge is 0.264 e. The second-order valence-corrected chi connectivity index (χ2v) is 10.9. The lowest BCUT2D eigenvalue weighted by molar-refractivity contribution is -0.139. The minimum atomic E-state index is -4.26. The average molecular weight is 566 g/mol. The summed E-state index contributed by atoms with van der Waals surface area (Å²) in [5, 5.41) is 3.25. The number of nitrogens with zero attached hydrogens (tertiary/aromatic N) is 2. The van der Waals surface area contributed by atoms with Gasteiger partial charge in [-0.1, -0.05) is 47.5 Å². The molecule has 196 valence electrons. The van der Waals surface area contributed by atoms with E-state index < -0.39 is 40.2 Å². The third-order valence-corrected chi connectivity index (χ3v) is 7.87. The van der Waals surface area contributed by atoms with Gasteiger partial charge in [0.2, 0.25) is 11.8 Å². The first-order chi connectivity index (χ1) is 17.5. The number of hydrogen-bond donors (Lipinski definition) is 1. The highest BCUT2D eigenvalue weighted by Gasteiger charge is 2.32. The van der Waals surface area contributed by atoms with Crippen LogP contribution >= 0.6 is 23.2 Å². The molecule has 3 rings (SSSR count). The molecule has 0 aliphatic heterocycles. The van der Waals surface area contributed by atoms with Crippen molar-refractivity contribution in [1.29, 1.82) is 0 Å². The molecular weight excluding hydrogens is 540 g/mol. The molecule has 0 aliphatic carbocycles. The molecule has 0 saturated heterocycles. The first-order valence-corrected chi connectivity index (χ1v) is 13.6. The number of likely N-dealkylation sites (N-methyl/N-ethyl adjacent to an activating group) is 1. The Morgan fingerprint density at radius 2 is 1.65 bits per heavy atom. The molecule has 0 aromatic heterocycles. The summed E-state index contributed by atoms with van der Waals surface area (Å²) in [5.41, 5.74) is 0.328. The minimum absolute atomic E-state index is 0.0953. The number of amides is 2. The zero-order valence-electron chi connectivity index (χ0n) is 20.2. The van der Waals surface area contributed by atoms with E-state index in [2.05, 4.69) is 5.32 Å². The summed E-state index contributed by atoms with van der Waals surface area (Å²) in [6, 6.07) is 16.4. The van der Waals surface area contributed by atoms with Gasteiger partial charge in [-0.25, -0.2) is 12.8 Å². The maximum Gasteiger partial charge on any atom is 0.264 e. The number of halogens is 3. The van der Waals surface area contributed by atoms with Crippen molar-refractivity contribution in [2.24, 2.45) is 0 Å². The summed E-state index contributed by atoms with van der Waals surface area (Å²) >= 11 is 12.1. The van der Waals surface area contributed by atoms with Crippen LogP contribution in [-0.2, 0) is 26.2 Å². The van der Waals surface area contributed by atoms with Crippen LogP contribution in [0, 0.1) is 5.82 Å². The molecule has 0 fully saturated rings. The van der Waals surface area contributed by atoms with Crippen LogP contribution in [-0.4, -0.2) is 44.3 Å². The zero-order chi connectivity index (χ0) is 27.2. The quantitative estimate of drug-likeness (QED) is 0.379. The highest BCUT2D eigenvalue weighted by atomic mass is 35.5. The lowest BCUT2D eigenvalue weighted by Gasteiger charge is -2.32. The molecule has 1 atom stereocenters. The highest BCUT2D eigenvalue weighted by molar-refractivity contribution is 7.92. The Morgan fingerprint density at radius 3 is 2.27 bits per heavy atom. The first-order valence-electron chi connectivity index (χ1n) is 11.4. The van der Waals surface area contributed by atoms with Gasteiger partial charge in [-0.3, -0.25) is 13.9 Å². The third kappa shape index (κ3) is 7.00. The van der Waals surface area contributed by atoms with E-state index in [-0.39, 0.29) is 27.7 Å². The Hall–Kier alpha value is -3.14. The van der Waals surface area contributed by atoms with Crippen molar-refractivity contribution in [3.8, 4) is 0 Å². The molecule has 2 amide bonds. The molecule has 3 aromatic rings. The van der Waals surface area contributed by atoms with Gasteiger partial charge in [0.05, 0.1) is 10.6 Å². The van der Waals surface area contributed by atoms with Gasteiger partial charge in [0.25, 0.3) is 10.0 Å². The zero-order valence-corrected chi connectivity index (χ0v) is 22.5. The first kappa shape index (κ1) is 28.4. The van der Waals surface area contributed by atoms with Gasteiger partial charge >= 0.3 is 0 Å². The van der Waals surface area contributed by atoms with Crippen LogP contribution in [0.2, 0.25) is 10.0 Å². The summed E-state index contributed by atoms with van der Waals surface area (Å²) in [6.45, 7) is 2.65. The SMILES string of the molecule is CCNC(=O)C(C)N(Cc1ccccc1F)C(=O)CN(c1cccc(Cl)c1)S(=O)(=O)c1ccc(Cl)cc1. The van der Waals surface area contributed by atoms with E-state index in [0.717, 1.165) is 9.21 Å². The van der Waals surface area contributed by atoms with Gasteiger partial charge in [0.15, 0.2) is 0 Å². The maximum absolute atomic E-state index is 14.5. The molecule has 37 heavy (non-hydrogen) atoms. The monoisotopic (exact) mass is 565 g/mol. The van der Waals surface area contributed by atoms with Crippen molar-refractivity contribution in [3.63, 3.8) is 0 Å². The topological polar surface area (TPSA) is 86.8 Å². The second-order valence-electron chi connectivity index (χ2n) is 8.13. The second kappa shape index (κ2) is 12.4. The normalized spacial score (nSPS) is 12.0. The van der Waals surface area contributed by atoms with Gasteiger partial charge in [-0.2, -0.15) is 0 Å². The Morgan fingerprint density at radius 1 is 0.973 bits per heavy atom. The number of carbonyl (C=O) groups is 2. The van der Waals surface area contributed by atoms with Crippen molar-refractivity contribution in [2.75, 3.05) is 17.4 Å². The standard InChI is InChI=1S/C26H26Cl2FN3O4S/c1-3-30-26(34)18(2)31(16-19-7-4-5-10-24(19)29)25(33)17-32(22-9-6-8-21(28)15-22)37(35,36)23-13-11-20(27)12-14-23/h4-15,18H,3,16-17H2,1-2H3,(H,30,34). The van der Waals surface area contributed by atoms with E-state index in [1.165, 1.54) is 61.5 Å². The molecular formula is C26H26Cl2FN3O4S. The van der Waals surface area contributed by atoms with E-state index in [4.69, 9.17) is 23.2 Å². The largest absolute Gasteiger partial charge is 0.355 e. The lowest BCUT2D eigenvalue weighted by Crippen LogP contribution is -2.51. The summed E-state index contributed by atoms with van der Waals surface area (Å²) in [7, 11) is -4.26. The predicted molar refractivity (Wildman–Crippen MR) is 143 cm³/mol. The molecule has 7 nitrogen and oxygen atoms in total. The van der Waals surface area contributed by atoms with Crippen molar-refractivity contribution < 1.29 is 22.4 Å². The van der Waals surface area contributed by atoms with E-state index in [1.807, 2.05) is 0 Å². The van der Waals surface area contributed by atoms with Gasteiger partial charge in [0, 0.05) is 28.7 Å². The maximum atomic E-state index is 14.5. The molecule has 0 radical (unpaired) electrons. The number of nitrogens with one attached hydrogen (secondary N) is 1. The van der Waals surface area contributed by atoms with Crippen LogP contribution in [0.3, 0.4) is 0 Å². The number of rotatable bonds is 10. The van der Waals surface area contributed by atoms with Crippen molar-refractivity contribution in [2.45, 2.75) is 31.3 Å². The number of hydrogen-bond acceptors (Lipinski definition) is 4. The Balaban J connectivity index is 2.04. The van der Waals surface area contributed by atoms with Crippen LogP contribution in [0.1, 0.15) is 19.4 Å². The van der Waals surface area contributed by atoms with Crippen LogP contribution in [0.4, 0.5) is 10.1 Å². The summed E-state index contributed by atoms with van der Waals surface area (Å²) < 4.78 is 42.7. The van der Waals surface area contributed by atoms with Gasteiger partial charge in [-0.15, -0.1) is 0 Å². The van der Waals surface area contributed by atoms with Crippen molar-refractivity contribution in [3.05, 3.63) is 94.2 Å². The summed E-state index contributed by atoms with van der Waals surface area (Å²) in [5.74, 6) is -1.72. The van der Waals surface area contributed by atoms with Crippen molar-refractivity contribution in [1.82, 2.24) is 10.2 Å². The molecule has 0 spiro atoms. The Kier molecular flexibility index (Phi) is 9.53. The average Bonchev–Trinajstić information content (AvgIpc) is 2.86. The van der Waals surface area contributed by atoms with E-state index in [0.29, 0.717) is 11.6 Å². The fraction of sp³-hybridized carbons (Fsp3) is 0.231. The van der Waals surface area contributed by atoms with E-state index in [1.54, 1.807) is 25.1 Å². The molecule has 0 bridgehead atoms. The van der Waals surface area contributed by atoms with E-state index in [9.17, 15) is 22.4 Å². The third-order valence-electron chi connectivity index (χ3n) is 5.59. The van der Waals surface area contributed by atoms with E-state index >= 15 is 0 Å². The van der Waals surface area contributed by atoms with Crippen LogP contribution in [0.25, 0.3) is 0 Å². The number of anilines is 1. The van der Waals surface area contributed by atoms with Gasteiger partial charge < -0.3 is 10.2 Å². The molecule has 1 N–H and O–H groups in total. The van der Waals surface area contributed by atoms with Crippen LogP contribution in [0.5, 0.6) is 0 Å². The molecule has 1 unspecified atom stereocenters. The molecule has 3 aromatic carbocycles. The number of carbonyl (C=O) groups excluding carboxylic acids is 2. The van der Waals surface area contributed by atoms with Gasteiger partial charge in [0.1, 0.15) is 18.4 Å². The predicted octanol–water partition coefficient (Wildman–Crippen LogP) is 4.88. The number of benzene rings is 3. The number of sulfonamides is 1. The highest BCUT2D eigenvalue weighted by Crippen LogP contribution is 2.27. The van der Waals surface area contributed by atoms with Crippen molar-refractivity contribution >= 4 is 50.7 Å². The fourth-order valence-corrected chi connectivity index (χ4v) is 5.33. The Bertz CT molecular complexity index is 1370. The summed E-state index contributed by atoms with van der Waals surface area (Å²) in [6.07, 6.45) is 0. The lowest BCUT2D eigenvalue weighted by atomic mass is 10.1. The Labute approximate surface area is 225 Å².